The molecule has 6 heteroatoms. The SMILES string of the molecule is CCN(CC)CCc1noc(-c2sccc2N)n1. The highest BCUT2D eigenvalue weighted by Crippen LogP contribution is 2.29. The van der Waals surface area contributed by atoms with Crippen LogP contribution in [0.5, 0.6) is 0 Å². The Bertz CT molecular complexity index is 490. The standard InChI is InChI=1S/C12H18N4OS/c1-3-16(4-2)7-5-10-14-12(17-15-10)11-9(13)6-8-18-11/h6,8H,3-5,7,13H2,1-2H3. The number of rotatable bonds is 6. The van der Waals surface area contributed by atoms with Crippen LogP contribution in [0.4, 0.5) is 5.69 Å². The van der Waals surface area contributed by atoms with Gasteiger partial charge in [-0.05, 0) is 24.5 Å². The summed E-state index contributed by atoms with van der Waals surface area (Å²) in [5.41, 5.74) is 6.51. The van der Waals surface area contributed by atoms with Gasteiger partial charge >= 0.3 is 0 Å². The predicted molar refractivity (Wildman–Crippen MR) is 73.5 cm³/mol. The molecule has 5 nitrogen and oxygen atoms in total. The monoisotopic (exact) mass is 266 g/mol. The zero-order valence-electron chi connectivity index (χ0n) is 10.7. The molecule has 0 spiro atoms. The van der Waals surface area contributed by atoms with E-state index in [9.17, 15) is 0 Å². The molecule has 98 valence electrons. The highest BCUT2D eigenvalue weighted by atomic mass is 32.1. The molecule has 2 rings (SSSR count). The summed E-state index contributed by atoms with van der Waals surface area (Å²) in [4.78, 5) is 7.57. The van der Waals surface area contributed by atoms with Crippen LogP contribution in [0.15, 0.2) is 16.0 Å². The maximum absolute atomic E-state index is 5.82. The lowest BCUT2D eigenvalue weighted by Crippen LogP contribution is -2.25. The molecule has 0 aromatic carbocycles. The molecule has 0 radical (unpaired) electrons. The highest BCUT2D eigenvalue weighted by molar-refractivity contribution is 7.14. The van der Waals surface area contributed by atoms with Gasteiger partial charge in [0.25, 0.3) is 5.89 Å². The summed E-state index contributed by atoms with van der Waals surface area (Å²) >= 11 is 1.52. The average molecular weight is 266 g/mol. The van der Waals surface area contributed by atoms with E-state index in [4.69, 9.17) is 10.3 Å². The van der Waals surface area contributed by atoms with Gasteiger partial charge in [0.15, 0.2) is 5.82 Å². The second-order valence-electron chi connectivity index (χ2n) is 4.00. The van der Waals surface area contributed by atoms with Crippen molar-refractivity contribution in [1.82, 2.24) is 15.0 Å². The lowest BCUT2D eigenvalue weighted by atomic mass is 10.3. The van der Waals surface area contributed by atoms with E-state index in [2.05, 4.69) is 28.9 Å². The molecule has 0 atom stereocenters. The molecule has 0 saturated heterocycles. The maximum atomic E-state index is 5.82. The zero-order chi connectivity index (χ0) is 13.0. The normalized spacial score (nSPS) is 11.3. The van der Waals surface area contributed by atoms with Gasteiger partial charge in [-0.15, -0.1) is 11.3 Å². The van der Waals surface area contributed by atoms with E-state index >= 15 is 0 Å². The van der Waals surface area contributed by atoms with Crippen LogP contribution in [-0.2, 0) is 6.42 Å². The van der Waals surface area contributed by atoms with Crippen LogP contribution in [0.25, 0.3) is 10.8 Å². The van der Waals surface area contributed by atoms with Gasteiger partial charge in [0.1, 0.15) is 4.88 Å². The van der Waals surface area contributed by atoms with Crippen molar-refractivity contribution in [3.05, 3.63) is 17.3 Å². The van der Waals surface area contributed by atoms with Gasteiger partial charge in [-0.25, -0.2) is 0 Å². The fourth-order valence-electron chi connectivity index (χ4n) is 1.74. The number of hydrogen-bond donors (Lipinski definition) is 1. The minimum Gasteiger partial charge on any atom is -0.397 e. The molecule has 0 saturated carbocycles. The lowest BCUT2D eigenvalue weighted by Gasteiger charge is -2.16. The Morgan fingerprint density at radius 3 is 2.78 bits per heavy atom. The average Bonchev–Trinajstić information content (AvgIpc) is 2.99. The van der Waals surface area contributed by atoms with Gasteiger partial charge in [0.2, 0.25) is 0 Å². The Morgan fingerprint density at radius 1 is 1.39 bits per heavy atom. The molecule has 2 aromatic heterocycles. The third kappa shape index (κ3) is 2.88. The molecule has 2 heterocycles. The summed E-state index contributed by atoms with van der Waals surface area (Å²) in [6.45, 7) is 7.33. The minimum atomic E-state index is 0.525. The molecule has 18 heavy (non-hydrogen) atoms. The van der Waals surface area contributed by atoms with Crippen LogP contribution in [0.2, 0.25) is 0 Å². The van der Waals surface area contributed by atoms with Crippen molar-refractivity contribution in [2.24, 2.45) is 0 Å². The first kappa shape index (κ1) is 13.0. The van der Waals surface area contributed by atoms with E-state index in [1.807, 2.05) is 11.4 Å². The van der Waals surface area contributed by atoms with E-state index in [1.165, 1.54) is 11.3 Å². The molecule has 0 aliphatic rings. The van der Waals surface area contributed by atoms with Crippen LogP contribution >= 0.6 is 11.3 Å². The maximum Gasteiger partial charge on any atom is 0.270 e. The van der Waals surface area contributed by atoms with Gasteiger partial charge in [0.05, 0.1) is 5.69 Å². The molecule has 0 amide bonds. The molecule has 0 aliphatic carbocycles. The number of nitrogen functional groups attached to an aromatic ring is 1. The van der Waals surface area contributed by atoms with Crippen LogP contribution < -0.4 is 5.73 Å². The van der Waals surface area contributed by atoms with Crippen molar-refractivity contribution in [2.75, 3.05) is 25.4 Å². The first-order valence-electron chi connectivity index (χ1n) is 6.12. The molecule has 2 N–H and O–H groups in total. The van der Waals surface area contributed by atoms with Crippen molar-refractivity contribution in [2.45, 2.75) is 20.3 Å². The van der Waals surface area contributed by atoms with Crippen molar-refractivity contribution in [3.8, 4) is 10.8 Å². The topological polar surface area (TPSA) is 68.2 Å². The summed E-state index contributed by atoms with van der Waals surface area (Å²) in [6.07, 6.45) is 0.802. The number of aromatic nitrogens is 2. The lowest BCUT2D eigenvalue weighted by molar-refractivity contribution is 0.303. The number of nitrogens with two attached hydrogens (primary N) is 1. The van der Waals surface area contributed by atoms with Gasteiger partial charge in [-0.2, -0.15) is 4.98 Å². The number of hydrogen-bond acceptors (Lipinski definition) is 6. The fourth-order valence-corrected chi connectivity index (χ4v) is 2.48. The quantitative estimate of drug-likeness (QED) is 0.868. The van der Waals surface area contributed by atoms with Crippen molar-refractivity contribution < 1.29 is 4.52 Å². The van der Waals surface area contributed by atoms with E-state index in [1.54, 1.807) is 0 Å². The number of thiophene rings is 1. The Balaban J connectivity index is 2.01. The molecule has 0 fully saturated rings. The van der Waals surface area contributed by atoms with Crippen molar-refractivity contribution in [3.63, 3.8) is 0 Å². The van der Waals surface area contributed by atoms with Gasteiger partial charge in [-0.1, -0.05) is 19.0 Å². The Labute approximate surface area is 111 Å². The molecular formula is C12H18N4OS. The third-order valence-corrected chi connectivity index (χ3v) is 3.82. The molecule has 2 aromatic rings. The largest absolute Gasteiger partial charge is 0.397 e. The smallest absolute Gasteiger partial charge is 0.270 e. The summed E-state index contributed by atoms with van der Waals surface area (Å²) < 4.78 is 5.24. The molecular weight excluding hydrogens is 248 g/mol. The number of anilines is 1. The van der Waals surface area contributed by atoms with E-state index in [0.717, 1.165) is 36.8 Å². The summed E-state index contributed by atoms with van der Waals surface area (Å²) in [5.74, 6) is 1.27. The predicted octanol–water partition coefficient (Wildman–Crippen LogP) is 2.26. The van der Waals surface area contributed by atoms with Crippen molar-refractivity contribution >= 4 is 17.0 Å². The molecule has 0 unspecified atom stereocenters. The van der Waals surface area contributed by atoms with Crippen LogP contribution in [-0.4, -0.2) is 34.7 Å². The van der Waals surface area contributed by atoms with Gasteiger partial charge < -0.3 is 15.2 Å². The van der Waals surface area contributed by atoms with Gasteiger partial charge in [-0.3, -0.25) is 0 Å². The highest BCUT2D eigenvalue weighted by Gasteiger charge is 2.13. The number of likely N-dealkylation sites (N-methyl/N-ethyl adjacent to an activating group) is 1. The van der Waals surface area contributed by atoms with Crippen molar-refractivity contribution in [1.29, 1.82) is 0 Å². The van der Waals surface area contributed by atoms with Crippen LogP contribution in [0.3, 0.4) is 0 Å². The van der Waals surface area contributed by atoms with E-state index in [0.29, 0.717) is 11.6 Å². The molecule has 0 bridgehead atoms. The number of nitrogens with zero attached hydrogens (tertiary/aromatic N) is 3. The summed E-state index contributed by atoms with van der Waals surface area (Å²) in [7, 11) is 0. The Hall–Kier alpha value is -1.40. The first-order chi connectivity index (χ1) is 8.74. The summed E-state index contributed by atoms with van der Waals surface area (Å²) in [6, 6.07) is 1.85. The summed E-state index contributed by atoms with van der Waals surface area (Å²) in [5, 5.41) is 5.91. The van der Waals surface area contributed by atoms with E-state index < -0.39 is 0 Å². The third-order valence-electron chi connectivity index (χ3n) is 2.90. The first-order valence-corrected chi connectivity index (χ1v) is 7.00. The minimum absolute atomic E-state index is 0.525. The zero-order valence-corrected chi connectivity index (χ0v) is 11.5. The fraction of sp³-hybridized carbons (Fsp3) is 0.500. The second-order valence-corrected chi connectivity index (χ2v) is 4.91. The van der Waals surface area contributed by atoms with Crippen LogP contribution in [0, 0.1) is 0 Å². The Kier molecular flexibility index (Phi) is 4.33. The second kappa shape index (κ2) is 5.97. The Morgan fingerprint density at radius 2 is 2.17 bits per heavy atom. The van der Waals surface area contributed by atoms with Gasteiger partial charge in [0, 0.05) is 13.0 Å². The van der Waals surface area contributed by atoms with E-state index in [-0.39, 0.29) is 0 Å². The molecule has 0 aliphatic heterocycles. The van der Waals surface area contributed by atoms with Crippen LogP contribution in [0.1, 0.15) is 19.7 Å².